The number of anilines is 2. The lowest BCUT2D eigenvalue weighted by Crippen LogP contribution is -2.16. The Hall–Kier alpha value is -2.41. The number of hydrogen-bond acceptors (Lipinski definition) is 3. The van der Waals surface area contributed by atoms with Gasteiger partial charge < -0.3 is 5.32 Å². The third-order valence-corrected chi connectivity index (χ3v) is 4.41. The molecule has 0 aromatic heterocycles. The number of carbonyl (C=O) groups is 1. The second kappa shape index (κ2) is 6.15. The van der Waals surface area contributed by atoms with E-state index in [1.165, 1.54) is 25.1 Å². The summed E-state index contributed by atoms with van der Waals surface area (Å²) in [5.41, 5.74) is 1.30. The smallest absolute Gasteiger partial charge is 0.264 e. The molecule has 0 heterocycles. The highest BCUT2D eigenvalue weighted by molar-refractivity contribution is 7.92. The molecule has 0 aliphatic carbocycles. The van der Waals surface area contributed by atoms with E-state index in [0.29, 0.717) is 11.3 Å². The van der Waals surface area contributed by atoms with Gasteiger partial charge in [0, 0.05) is 12.6 Å². The van der Waals surface area contributed by atoms with Gasteiger partial charge in [0.2, 0.25) is 5.91 Å². The normalized spacial score (nSPS) is 11.0. The molecule has 0 bridgehead atoms. The summed E-state index contributed by atoms with van der Waals surface area (Å²) >= 11 is 0. The van der Waals surface area contributed by atoms with Crippen molar-refractivity contribution in [3.05, 3.63) is 53.8 Å². The Morgan fingerprint density at radius 1 is 1.05 bits per heavy atom. The molecule has 0 radical (unpaired) electrons. The average Bonchev–Trinajstić information content (AvgIpc) is 2.43. The summed E-state index contributed by atoms with van der Waals surface area (Å²) in [7, 11) is -4.05. The van der Waals surface area contributed by atoms with Crippen LogP contribution in [-0.4, -0.2) is 14.3 Å². The first-order valence-corrected chi connectivity index (χ1v) is 7.94. The Labute approximate surface area is 128 Å². The molecule has 1 amide bonds. The fourth-order valence-corrected chi connectivity index (χ4v) is 3.14. The molecule has 2 aromatic rings. The van der Waals surface area contributed by atoms with Crippen LogP contribution in [0.1, 0.15) is 12.5 Å². The van der Waals surface area contributed by atoms with E-state index in [2.05, 4.69) is 10.0 Å². The van der Waals surface area contributed by atoms with E-state index in [1.54, 1.807) is 25.1 Å². The van der Waals surface area contributed by atoms with E-state index in [9.17, 15) is 17.6 Å². The van der Waals surface area contributed by atoms with Gasteiger partial charge in [0.05, 0.1) is 5.69 Å². The van der Waals surface area contributed by atoms with Gasteiger partial charge in [0.1, 0.15) is 10.7 Å². The number of sulfonamides is 1. The number of rotatable bonds is 4. The van der Waals surface area contributed by atoms with Crippen molar-refractivity contribution in [2.24, 2.45) is 0 Å². The van der Waals surface area contributed by atoms with Crippen molar-refractivity contribution in [3.63, 3.8) is 0 Å². The zero-order valence-electron chi connectivity index (χ0n) is 12.1. The predicted molar refractivity (Wildman–Crippen MR) is 82.7 cm³/mol. The summed E-state index contributed by atoms with van der Waals surface area (Å²) in [5.74, 6) is -1.09. The summed E-state index contributed by atoms with van der Waals surface area (Å²) in [6.07, 6.45) is 0. The molecule has 22 heavy (non-hydrogen) atoms. The summed E-state index contributed by atoms with van der Waals surface area (Å²) in [5, 5.41) is 2.60. The second-order valence-corrected chi connectivity index (χ2v) is 6.35. The van der Waals surface area contributed by atoms with Crippen molar-refractivity contribution in [2.75, 3.05) is 10.0 Å². The van der Waals surface area contributed by atoms with Crippen molar-refractivity contribution >= 4 is 27.3 Å². The van der Waals surface area contributed by atoms with Gasteiger partial charge in [-0.2, -0.15) is 0 Å². The van der Waals surface area contributed by atoms with Crippen molar-refractivity contribution in [2.45, 2.75) is 18.7 Å². The van der Waals surface area contributed by atoms with Gasteiger partial charge >= 0.3 is 0 Å². The van der Waals surface area contributed by atoms with Crippen LogP contribution >= 0.6 is 0 Å². The Morgan fingerprint density at radius 3 is 2.32 bits per heavy atom. The van der Waals surface area contributed by atoms with Crippen LogP contribution in [0.5, 0.6) is 0 Å². The Bertz CT molecular complexity index is 819. The van der Waals surface area contributed by atoms with Crippen molar-refractivity contribution in [3.8, 4) is 0 Å². The lowest BCUT2D eigenvalue weighted by atomic mass is 10.1. The Balaban J connectivity index is 2.39. The zero-order valence-corrected chi connectivity index (χ0v) is 12.9. The molecule has 2 rings (SSSR count). The largest absolute Gasteiger partial charge is 0.326 e. The molecule has 0 saturated carbocycles. The fourth-order valence-electron chi connectivity index (χ4n) is 1.93. The van der Waals surface area contributed by atoms with E-state index in [-0.39, 0.29) is 11.6 Å². The number of hydrogen-bond donors (Lipinski definition) is 2. The molecule has 5 nitrogen and oxygen atoms in total. The number of carbonyl (C=O) groups excluding carboxylic acids is 1. The molecule has 0 aliphatic rings. The maximum atomic E-state index is 13.7. The monoisotopic (exact) mass is 322 g/mol. The predicted octanol–water partition coefficient (Wildman–Crippen LogP) is 2.89. The van der Waals surface area contributed by atoms with E-state index >= 15 is 0 Å². The van der Waals surface area contributed by atoms with E-state index in [1.807, 2.05) is 0 Å². The topological polar surface area (TPSA) is 75.3 Å². The number of halogens is 1. The van der Waals surface area contributed by atoms with Gasteiger partial charge in [0.25, 0.3) is 10.0 Å². The minimum Gasteiger partial charge on any atom is -0.326 e. The molecule has 0 saturated heterocycles. The highest BCUT2D eigenvalue weighted by Gasteiger charge is 2.19. The van der Waals surface area contributed by atoms with Gasteiger partial charge in [-0.25, -0.2) is 12.8 Å². The molecule has 2 aromatic carbocycles. The van der Waals surface area contributed by atoms with Crippen molar-refractivity contribution < 1.29 is 17.6 Å². The molecule has 0 aliphatic heterocycles. The van der Waals surface area contributed by atoms with Gasteiger partial charge in [-0.15, -0.1) is 0 Å². The molecule has 0 fully saturated rings. The van der Waals surface area contributed by atoms with Gasteiger partial charge in [-0.3, -0.25) is 9.52 Å². The maximum absolute atomic E-state index is 13.7. The van der Waals surface area contributed by atoms with Crippen molar-refractivity contribution in [1.82, 2.24) is 0 Å². The second-order valence-electron chi connectivity index (χ2n) is 4.70. The van der Waals surface area contributed by atoms with E-state index in [4.69, 9.17) is 0 Å². The number of nitrogens with one attached hydrogen (secondary N) is 2. The summed E-state index contributed by atoms with van der Waals surface area (Å²) in [6.45, 7) is 3.01. The molecule has 116 valence electrons. The highest BCUT2D eigenvalue weighted by Crippen LogP contribution is 2.26. The van der Waals surface area contributed by atoms with Gasteiger partial charge in [-0.05, 0) is 36.8 Å². The van der Waals surface area contributed by atoms with Crippen LogP contribution < -0.4 is 10.0 Å². The summed E-state index contributed by atoms with van der Waals surface area (Å²) in [6, 6.07) is 9.91. The third kappa shape index (κ3) is 3.43. The molecular weight excluding hydrogens is 307 g/mol. The van der Waals surface area contributed by atoms with Crippen LogP contribution in [0, 0.1) is 12.7 Å². The number of amides is 1. The zero-order chi connectivity index (χ0) is 16.3. The first-order chi connectivity index (χ1) is 10.3. The third-order valence-electron chi connectivity index (χ3n) is 3.01. The van der Waals surface area contributed by atoms with Crippen LogP contribution in [0.15, 0.2) is 47.4 Å². The highest BCUT2D eigenvalue weighted by atomic mass is 32.2. The van der Waals surface area contributed by atoms with Gasteiger partial charge in [-0.1, -0.05) is 18.2 Å². The first-order valence-electron chi connectivity index (χ1n) is 6.46. The lowest BCUT2D eigenvalue weighted by molar-refractivity contribution is -0.114. The van der Waals surface area contributed by atoms with Gasteiger partial charge in [0.15, 0.2) is 0 Å². The summed E-state index contributed by atoms with van der Waals surface area (Å²) < 4.78 is 40.5. The van der Waals surface area contributed by atoms with E-state index < -0.39 is 20.7 Å². The Morgan fingerprint density at radius 2 is 1.68 bits per heavy atom. The molecular formula is C15H15FN2O3S. The average molecular weight is 322 g/mol. The molecule has 0 atom stereocenters. The van der Waals surface area contributed by atoms with E-state index in [0.717, 1.165) is 6.07 Å². The quantitative estimate of drug-likeness (QED) is 0.909. The molecule has 0 spiro atoms. The van der Waals surface area contributed by atoms with Crippen molar-refractivity contribution in [1.29, 1.82) is 0 Å². The van der Waals surface area contributed by atoms with Crippen LogP contribution in [0.2, 0.25) is 0 Å². The fraction of sp³-hybridized carbons (Fsp3) is 0.133. The summed E-state index contributed by atoms with van der Waals surface area (Å²) in [4.78, 5) is 10.7. The van der Waals surface area contributed by atoms with Crippen LogP contribution in [-0.2, 0) is 14.8 Å². The van der Waals surface area contributed by atoms with Crippen LogP contribution in [0.25, 0.3) is 0 Å². The molecule has 2 N–H and O–H groups in total. The van der Waals surface area contributed by atoms with Crippen LogP contribution in [0.3, 0.4) is 0 Å². The molecule has 0 unspecified atom stereocenters. The molecule has 7 heteroatoms. The minimum atomic E-state index is -4.05. The van der Waals surface area contributed by atoms with Crippen LogP contribution in [0.4, 0.5) is 15.8 Å². The lowest BCUT2D eigenvalue weighted by Gasteiger charge is -2.14. The first kappa shape index (κ1) is 16.0. The number of benzene rings is 2. The Kier molecular flexibility index (Phi) is 4.46. The SMILES string of the molecule is CC(=O)Nc1cccc(NS(=O)(=O)c2ccccc2F)c1C. The standard InChI is InChI=1S/C15H15FN2O3S/c1-10-13(17-11(2)19)7-5-8-14(10)18-22(20,21)15-9-4-3-6-12(15)16/h3-9,18H,1-2H3,(H,17,19). The minimum absolute atomic E-state index is 0.266. The maximum Gasteiger partial charge on any atom is 0.264 e.